The van der Waals surface area contributed by atoms with Gasteiger partial charge >= 0.3 is 5.97 Å². The fourth-order valence-corrected chi connectivity index (χ4v) is 4.26. The van der Waals surface area contributed by atoms with Crippen LogP contribution in [0.5, 0.6) is 11.5 Å². The molecule has 184 valence electrons. The van der Waals surface area contributed by atoms with E-state index < -0.39 is 5.97 Å². The number of hydrogen-bond donors (Lipinski definition) is 1. The first-order valence-corrected chi connectivity index (χ1v) is 12.7. The molecule has 7 heteroatoms. The van der Waals surface area contributed by atoms with Crippen LogP contribution in [-0.2, 0) is 9.53 Å². The maximum Gasteiger partial charge on any atom is 0.341 e. The first-order valence-electron chi connectivity index (χ1n) is 11.8. The Morgan fingerprint density at radius 3 is 2.26 bits per heavy atom. The van der Waals surface area contributed by atoms with Gasteiger partial charge in [0.05, 0.1) is 19.8 Å². The standard InChI is InChI=1S/C28H31NO5S/c1-4-7-18-34-23-13-8-20(9-14-23)10-17-25(30)29-27-26(28(31)33-6-3)24(19-35-27)21-11-15-22(16-12-21)32-5-2/h8-17,19H,4-7,18H2,1-3H3,(H,29,30)/b17-10+. The molecule has 35 heavy (non-hydrogen) atoms. The molecule has 0 fully saturated rings. The third-order valence-electron chi connectivity index (χ3n) is 5.06. The Morgan fingerprint density at radius 2 is 1.60 bits per heavy atom. The summed E-state index contributed by atoms with van der Waals surface area (Å²) in [5.41, 5.74) is 2.76. The van der Waals surface area contributed by atoms with E-state index in [1.54, 1.807) is 13.0 Å². The van der Waals surface area contributed by atoms with Crippen molar-refractivity contribution in [3.63, 3.8) is 0 Å². The molecule has 0 atom stereocenters. The minimum absolute atomic E-state index is 0.239. The SMILES string of the molecule is CCCCOc1ccc(/C=C/C(=O)Nc2scc(-c3ccc(OCC)cc3)c2C(=O)OCC)cc1. The molecule has 0 aliphatic heterocycles. The molecule has 0 unspecified atom stereocenters. The summed E-state index contributed by atoms with van der Waals surface area (Å²) in [5, 5.41) is 5.12. The Hall–Kier alpha value is -3.58. The second-order valence-electron chi connectivity index (χ2n) is 7.62. The topological polar surface area (TPSA) is 73.9 Å². The Bertz CT molecular complexity index is 1130. The quantitative estimate of drug-likeness (QED) is 0.170. The highest BCUT2D eigenvalue weighted by molar-refractivity contribution is 7.15. The molecule has 6 nitrogen and oxygen atoms in total. The van der Waals surface area contributed by atoms with E-state index in [-0.39, 0.29) is 12.5 Å². The fourth-order valence-electron chi connectivity index (χ4n) is 3.30. The third-order valence-corrected chi connectivity index (χ3v) is 5.95. The summed E-state index contributed by atoms with van der Waals surface area (Å²) < 4.78 is 16.4. The summed E-state index contributed by atoms with van der Waals surface area (Å²) >= 11 is 1.29. The van der Waals surface area contributed by atoms with Crippen molar-refractivity contribution < 1.29 is 23.8 Å². The van der Waals surface area contributed by atoms with Crippen molar-refractivity contribution in [1.29, 1.82) is 0 Å². The molecule has 0 spiro atoms. The van der Waals surface area contributed by atoms with Crippen molar-refractivity contribution in [1.82, 2.24) is 0 Å². The van der Waals surface area contributed by atoms with Gasteiger partial charge in [0.1, 0.15) is 22.1 Å². The number of amides is 1. The highest BCUT2D eigenvalue weighted by Gasteiger charge is 2.22. The summed E-state index contributed by atoms with van der Waals surface area (Å²) in [6.45, 7) is 7.30. The zero-order valence-corrected chi connectivity index (χ0v) is 21.2. The summed E-state index contributed by atoms with van der Waals surface area (Å²) in [7, 11) is 0. The lowest BCUT2D eigenvalue weighted by atomic mass is 10.0. The number of carbonyl (C=O) groups is 2. The van der Waals surface area contributed by atoms with Gasteiger partial charge in [-0.15, -0.1) is 11.3 Å². The third kappa shape index (κ3) is 7.45. The lowest BCUT2D eigenvalue weighted by Crippen LogP contribution is -2.12. The molecular formula is C28H31NO5S. The highest BCUT2D eigenvalue weighted by atomic mass is 32.1. The predicted octanol–water partition coefficient (Wildman–Crippen LogP) is 6.82. The molecule has 0 bridgehead atoms. The number of esters is 1. The Labute approximate surface area is 210 Å². The lowest BCUT2D eigenvalue weighted by molar-refractivity contribution is -0.111. The van der Waals surface area contributed by atoms with E-state index in [1.807, 2.05) is 60.8 Å². The van der Waals surface area contributed by atoms with Crippen LogP contribution in [-0.4, -0.2) is 31.7 Å². The molecule has 2 aromatic carbocycles. The molecule has 0 radical (unpaired) electrons. The molecule has 1 amide bonds. The number of carbonyl (C=O) groups excluding carboxylic acids is 2. The van der Waals surface area contributed by atoms with Crippen LogP contribution < -0.4 is 14.8 Å². The van der Waals surface area contributed by atoms with Crippen molar-refractivity contribution in [3.8, 4) is 22.6 Å². The molecule has 1 aromatic heterocycles. The van der Waals surface area contributed by atoms with Crippen molar-refractivity contribution in [3.05, 3.63) is 71.1 Å². The van der Waals surface area contributed by atoms with E-state index >= 15 is 0 Å². The number of hydrogen-bond acceptors (Lipinski definition) is 6. The molecule has 0 aliphatic carbocycles. The normalized spacial score (nSPS) is 10.8. The average molecular weight is 494 g/mol. The van der Waals surface area contributed by atoms with Gasteiger partial charge in [-0.2, -0.15) is 0 Å². The number of anilines is 1. The number of thiophene rings is 1. The van der Waals surface area contributed by atoms with E-state index in [0.717, 1.165) is 35.5 Å². The largest absolute Gasteiger partial charge is 0.494 e. The van der Waals surface area contributed by atoms with Crippen LogP contribution in [0.1, 0.15) is 49.5 Å². The van der Waals surface area contributed by atoms with Gasteiger partial charge in [-0.05, 0) is 61.7 Å². The van der Waals surface area contributed by atoms with Gasteiger partial charge in [0.15, 0.2) is 0 Å². The Balaban J connectivity index is 1.74. The highest BCUT2D eigenvalue weighted by Crippen LogP contribution is 2.37. The van der Waals surface area contributed by atoms with Crippen molar-refractivity contribution in [2.75, 3.05) is 25.1 Å². The molecule has 0 saturated heterocycles. The van der Waals surface area contributed by atoms with Gasteiger partial charge in [0, 0.05) is 17.0 Å². The number of ether oxygens (including phenoxy) is 3. The maximum atomic E-state index is 12.8. The van der Waals surface area contributed by atoms with Crippen LogP contribution >= 0.6 is 11.3 Å². The number of benzene rings is 2. The van der Waals surface area contributed by atoms with Crippen LogP contribution in [0.3, 0.4) is 0 Å². The van der Waals surface area contributed by atoms with Crippen molar-refractivity contribution in [2.45, 2.75) is 33.6 Å². The first-order chi connectivity index (χ1) is 17.0. The first kappa shape index (κ1) is 26.0. The van der Waals surface area contributed by atoms with E-state index in [0.29, 0.717) is 29.3 Å². The molecule has 0 aliphatic rings. The number of rotatable bonds is 12. The molecule has 1 heterocycles. The second kappa shape index (κ2) is 13.3. The van der Waals surface area contributed by atoms with Crippen molar-refractivity contribution >= 4 is 34.3 Å². The maximum absolute atomic E-state index is 12.8. The van der Waals surface area contributed by atoms with Gasteiger partial charge in [0.25, 0.3) is 0 Å². The van der Waals surface area contributed by atoms with Crippen LogP contribution in [0.15, 0.2) is 60.0 Å². The molecule has 3 aromatic rings. The monoisotopic (exact) mass is 493 g/mol. The van der Waals surface area contributed by atoms with E-state index in [4.69, 9.17) is 14.2 Å². The van der Waals surface area contributed by atoms with Crippen LogP contribution in [0.25, 0.3) is 17.2 Å². The van der Waals surface area contributed by atoms with Gasteiger partial charge in [-0.1, -0.05) is 37.6 Å². The second-order valence-corrected chi connectivity index (χ2v) is 8.50. The summed E-state index contributed by atoms with van der Waals surface area (Å²) in [6.07, 6.45) is 5.26. The fraction of sp³-hybridized carbons (Fsp3) is 0.286. The zero-order valence-electron chi connectivity index (χ0n) is 20.3. The van der Waals surface area contributed by atoms with Crippen molar-refractivity contribution in [2.24, 2.45) is 0 Å². The minimum Gasteiger partial charge on any atom is -0.494 e. The summed E-state index contributed by atoms with van der Waals surface area (Å²) in [6, 6.07) is 15.0. The average Bonchev–Trinajstić information content (AvgIpc) is 3.28. The van der Waals surface area contributed by atoms with Gasteiger partial charge in [-0.25, -0.2) is 4.79 Å². The van der Waals surface area contributed by atoms with Gasteiger partial charge in [0.2, 0.25) is 5.91 Å². The molecule has 3 rings (SSSR count). The van der Waals surface area contributed by atoms with Crippen LogP contribution in [0.4, 0.5) is 5.00 Å². The zero-order chi connectivity index (χ0) is 25.0. The van der Waals surface area contributed by atoms with Crippen LogP contribution in [0.2, 0.25) is 0 Å². The number of unbranched alkanes of at least 4 members (excludes halogenated alkanes) is 1. The Kier molecular flexibility index (Phi) is 9.93. The lowest BCUT2D eigenvalue weighted by Gasteiger charge is -2.09. The molecule has 0 saturated carbocycles. The molecule has 1 N–H and O–H groups in total. The Morgan fingerprint density at radius 1 is 0.914 bits per heavy atom. The van der Waals surface area contributed by atoms with E-state index in [9.17, 15) is 9.59 Å². The molecular weight excluding hydrogens is 462 g/mol. The smallest absolute Gasteiger partial charge is 0.341 e. The van der Waals surface area contributed by atoms with E-state index in [1.165, 1.54) is 17.4 Å². The predicted molar refractivity (Wildman–Crippen MR) is 141 cm³/mol. The minimum atomic E-state index is -0.476. The summed E-state index contributed by atoms with van der Waals surface area (Å²) in [4.78, 5) is 25.4. The van der Waals surface area contributed by atoms with Gasteiger partial charge < -0.3 is 19.5 Å². The van der Waals surface area contributed by atoms with E-state index in [2.05, 4.69) is 12.2 Å². The summed E-state index contributed by atoms with van der Waals surface area (Å²) in [5.74, 6) is 0.748. The number of nitrogens with one attached hydrogen (secondary N) is 1. The van der Waals surface area contributed by atoms with Gasteiger partial charge in [-0.3, -0.25) is 4.79 Å². The van der Waals surface area contributed by atoms with Crippen LogP contribution in [0, 0.1) is 0 Å².